The molecule has 1 aromatic carbocycles. The highest BCUT2D eigenvalue weighted by atomic mass is 16.1. The van der Waals surface area contributed by atoms with E-state index < -0.39 is 0 Å². The van der Waals surface area contributed by atoms with Gasteiger partial charge in [-0.1, -0.05) is 12.1 Å². The Hall–Kier alpha value is -2.96. The summed E-state index contributed by atoms with van der Waals surface area (Å²) in [6.45, 7) is 0.490. The molecule has 160 valence electrons. The second-order valence-corrected chi connectivity index (χ2v) is 9.94. The van der Waals surface area contributed by atoms with Gasteiger partial charge in [-0.05, 0) is 79.4 Å². The smallest absolute Gasteiger partial charge is 0.226 e. The first kappa shape index (κ1) is 18.8. The second kappa shape index (κ2) is 7.04. The third-order valence-electron chi connectivity index (χ3n) is 7.83. The van der Waals surface area contributed by atoms with Gasteiger partial charge in [-0.2, -0.15) is 0 Å². The predicted octanol–water partition coefficient (Wildman–Crippen LogP) is 3.91. The zero-order chi connectivity index (χ0) is 21.0. The summed E-state index contributed by atoms with van der Waals surface area (Å²) in [5, 5.41) is 3.03. The molecule has 4 aliphatic carbocycles. The number of nitrogen functional groups attached to an aromatic ring is 1. The molecule has 7 nitrogen and oxygen atoms in total. The minimum absolute atomic E-state index is 0.0218. The zero-order valence-corrected chi connectivity index (χ0v) is 17.6. The molecule has 0 atom stereocenters. The van der Waals surface area contributed by atoms with E-state index in [2.05, 4.69) is 44.5 Å². The number of amides is 1. The molecule has 0 aliphatic heterocycles. The van der Waals surface area contributed by atoms with Gasteiger partial charge in [-0.15, -0.1) is 0 Å². The van der Waals surface area contributed by atoms with E-state index in [4.69, 9.17) is 5.73 Å². The first-order valence-electron chi connectivity index (χ1n) is 11.4. The number of carbonyl (C=O) groups excluding carboxylic acids is 1. The molecular formula is C24H28N6O. The number of hydrogen-bond acceptors (Lipinski definition) is 5. The van der Waals surface area contributed by atoms with Gasteiger partial charge in [0, 0.05) is 18.7 Å². The largest absolute Gasteiger partial charge is 0.382 e. The first-order valence-corrected chi connectivity index (χ1v) is 11.4. The Kier molecular flexibility index (Phi) is 4.26. The molecule has 2 heterocycles. The highest BCUT2D eigenvalue weighted by molar-refractivity contribution is 5.90. The molecule has 3 aromatic rings. The number of nitrogens with two attached hydrogens (primary N) is 1. The number of imidazole rings is 1. The number of nitrogens with zero attached hydrogens (tertiary/aromatic N) is 4. The fourth-order valence-corrected chi connectivity index (χ4v) is 6.88. The standard InChI is InChI=1S/C24H28N6O/c25-22-21-23(27-13-26-22)30(14-28-21)6-5-20(31)29-19-3-1-18(2-4-19)24-10-15-7-16(11-24)9-17(8-15)12-24/h1-4,13-17H,5-12H2,(H,29,31)(H2,25,26,27). The minimum Gasteiger partial charge on any atom is -0.382 e. The van der Waals surface area contributed by atoms with Gasteiger partial charge in [0.2, 0.25) is 5.91 Å². The Morgan fingerprint density at radius 2 is 1.71 bits per heavy atom. The Labute approximate surface area is 181 Å². The molecule has 7 rings (SSSR count). The van der Waals surface area contributed by atoms with E-state index in [-0.39, 0.29) is 5.91 Å². The number of hydrogen-bond donors (Lipinski definition) is 2. The molecule has 4 aliphatic rings. The lowest BCUT2D eigenvalue weighted by molar-refractivity contribution is -0.116. The molecule has 1 amide bonds. The monoisotopic (exact) mass is 416 g/mol. The minimum atomic E-state index is -0.0218. The predicted molar refractivity (Wildman–Crippen MR) is 119 cm³/mol. The highest BCUT2D eigenvalue weighted by Crippen LogP contribution is 2.60. The van der Waals surface area contributed by atoms with Crippen molar-refractivity contribution < 1.29 is 4.79 Å². The number of fused-ring (bicyclic) bond motifs is 1. The average Bonchev–Trinajstić information content (AvgIpc) is 3.16. The maximum absolute atomic E-state index is 12.5. The van der Waals surface area contributed by atoms with Crippen LogP contribution in [-0.2, 0) is 16.8 Å². The van der Waals surface area contributed by atoms with E-state index in [0.29, 0.717) is 35.4 Å². The van der Waals surface area contributed by atoms with Gasteiger partial charge >= 0.3 is 0 Å². The quantitative estimate of drug-likeness (QED) is 0.657. The number of benzene rings is 1. The van der Waals surface area contributed by atoms with Crippen LogP contribution in [0.1, 0.15) is 50.5 Å². The number of nitrogens with one attached hydrogen (secondary N) is 1. The van der Waals surface area contributed by atoms with Gasteiger partial charge in [-0.25, -0.2) is 15.0 Å². The summed E-state index contributed by atoms with van der Waals surface area (Å²) in [7, 11) is 0. The molecule has 4 bridgehead atoms. The van der Waals surface area contributed by atoms with Crippen LogP contribution in [0, 0.1) is 17.8 Å². The summed E-state index contributed by atoms with van der Waals surface area (Å²) >= 11 is 0. The fourth-order valence-electron chi connectivity index (χ4n) is 6.88. The van der Waals surface area contributed by atoms with Crippen LogP contribution in [0.4, 0.5) is 11.5 Å². The van der Waals surface area contributed by atoms with E-state index in [1.54, 1.807) is 6.33 Å². The molecule has 0 spiro atoms. The summed E-state index contributed by atoms with van der Waals surface area (Å²) in [4.78, 5) is 24.9. The lowest BCUT2D eigenvalue weighted by Crippen LogP contribution is -2.48. The van der Waals surface area contributed by atoms with Gasteiger partial charge in [0.25, 0.3) is 0 Å². The molecule has 31 heavy (non-hydrogen) atoms. The number of rotatable bonds is 5. The molecule has 0 unspecified atom stereocenters. The molecule has 7 heteroatoms. The molecule has 4 fully saturated rings. The van der Waals surface area contributed by atoms with Crippen LogP contribution in [0.2, 0.25) is 0 Å². The van der Waals surface area contributed by atoms with Crippen LogP contribution < -0.4 is 11.1 Å². The van der Waals surface area contributed by atoms with Crippen molar-refractivity contribution in [2.24, 2.45) is 17.8 Å². The Morgan fingerprint density at radius 3 is 2.39 bits per heavy atom. The Balaban J connectivity index is 1.11. The summed E-state index contributed by atoms with van der Waals surface area (Å²) in [6.07, 6.45) is 11.9. The third-order valence-corrected chi connectivity index (χ3v) is 7.83. The third kappa shape index (κ3) is 3.27. The number of aryl methyl sites for hydroxylation is 1. The zero-order valence-electron chi connectivity index (χ0n) is 17.6. The lowest BCUT2D eigenvalue weighted by atomic mass is 9.48. The summed E-state index contributed by atoms with van der Waals surface area (Å²) < 4.78 is 1.84. The van der Waals surface area contributed by atoms with Crippen molar-refractivity contribution in [3.63, 3.8) is 0 Å². The van der Waals surface area contributed by atoms with Crippen LogP contribution in [0.15, 0.2) is 36.9 Å². The Bertz CT molecular complexity index is 1100. The molecular weight excluding hydrogens is 388 g/mol. The van der Waals surface area contributed by atoms with Crippen LogP contribution in [0.3, 0.4) is 0 Å². The van der Waals surface area contributed by atoms with Crippen LogP contribution in [0.5, 0.6) is 0 Å². The van der Waals surface area contributed by atoms with Crippen LogP contribution >= 0.6 is 0 Å². The summed E-state index contributed by atoms with van der Waals surface area (Å²) in [6, 6.07) is 8.66. The van der Waals surface area contributed by atoms with Gasteiger partial charge in [0.05, 0.1) is 6.33 Å². The van der Waals surface area contributed by atoms with Crippen molar-refractivity contribution in [3.05, 3.63) is 42.5 Å². The average molecular weight is 417 g/mol. The lowest BCUT2D eigenvalue weighted by Gasteiger charge is -2.57. The number of carbonyl (C=O) groups is 1. The summed E-state index contributed by atoms with van der Waals surface area (Å²) in [5.41, 5.74) is 9.79. The molecule has 2 aromatic heterocycles. The van der Waals surface area contributed by atoms with E-state index in [9.17, 15) is 4.79 Å². The van der Waals surface area contributed by atoms with Crippen molar-refractivity contribution >= 4 is 28.6 Å². The topological polar surface area (TPSA) is 98.7 Å². The molecule has 3 N–H and O–H groups in total. The SMILES string of the molecule is Nc1ncnc2c1ncn2CCC(=O)Nc1ccc(C23CC4CC(CC(C4)C2)C3)cc1. The van der Waals surface area contributed by atoms with E-state index in [1.165, 1.54) is 50.4 Å². The van der Waals surface area contributed by atoms with Crippen molar-refractivity contribution in [1.82, 2.24) is 19.5 Å². The van der Waals surface area contributed by atoms with Gasteiger partial charge < -0.3 is 15.6 Å². The van der Waals surface area contributed by atoms with Gasteiger partial charge in [0.15, 0.2) is 11.5 Å². The van der Waals surface area contributed by atoms with E-state index in [1.807, 2.05) is 4.57 Å². The number of anilines is 2. The van der Waals surface area contributed by atoms with Crippen LogP contribution in [0.25, 0.3) is 11.2 Å². The van der Waals surface area contributed by atoms with E-state index >= 15 is 0 Å². The number of aromatic nitrogens is 4. The Morgan fingerprint density at radius 1 is 1.03 bits per heavy atom. The van der Waals surface area contributed by atoms with Crippen LogP contribution in [-0.4, -0.2) is 25.4 Å². The van der Waals surface area contributed by atoms with Gasteiger partial charge in [-0.3, -0.25) is 4.79 Å². The van der Waals surface area contributed by atoms with Crippen molar-refractivity contribution in [2.75, 3.05) is 11.1 Å². The normalized spacial score (nSPS) is 28.8. The summed E-state index contributed by atoms with van der Waals surface area (Å²) in [5.74, 6) is 3.14. The molecule has 0 radical (unpaired) electrons. The van der Waals surface area contributed by atoms with Crippen molar-refractivity contribution in [3.8, 4) is 0 Å². The molecule has 0 saturated heterocycles. The van der Waals surface area contributed by atoms with E-state index in [0.717, 1.165) is 23.4 Å². The van der Waals surface area contributed by atoms with Gasteiger partial charge in [0.1, 0.15) is 11.8 Å². The van der Waals surface area contributed by atoms with Crippen molar-refractivity contribution in [2.45, 2.75) is 56.9 Å². The fraction of sp³-hybridized carbons (Fsp3) is 0.500. The first-order chi connectivity index (χ1) is 15.1. The highest BCUT2D eigenvalue weighted by Gasteiger charge is 2.51. The maximum Gasteiger partial charge on any atom is 0.226 e. The second-order valence-electron chi connectivity index (χ2n) is 9.94. The maximum atomic E-state index is 12.5. The van der Waals surface area contributed by atoms with Crippen molar-refractivity contribution in [1.29, 1.82) is 0 Å². The molecule has 4 saturated carbocycles.